The molecule has 0 spiro atoms. The maximum Gasteiger partial charge on any atom is 0.251 e. The molecule has 1 unspecified atom stereocenters. The molecule has 6 nitrogen and oxygen atoms in total. The van der Waals surface area contributed by atoms with Crippen LogP contribution in [0.4, 0.5) is 5.69 Å². The molecular weight excluding hydrogens is 368 g/mol. The van der Waals surface area contributed by atoms with Crippen LogP contribution in [0.3, 0.4) is 0 Å². The lowest BCUT2D eigenvalue weighted by molar-refractivity contribution is -0.116. The number of fused-ring (bicyclic) bond motifs is 2. The summed E-state index contributed by atoms with van der Waals surface area (Å²) in [4.78, 5) is 26.5. The largest absolute Gasteiger partial charge is 0.486 e. The van der Waals surface area contributed by atoms with E-state index >= 15 is 0 Å². The fourth-order valence-corrected chi connectivity index (χ4v) is 4.25. The molecule has 2 heterocycles. The number of amides is 2. The maximum absolute atomic E-state index is 13.0. The number of hydrogen-bond donors (Lipinski definition) is 1. The van der Waals surface area contributed by atoms with E-state index in [9.17, 15) is 9.59 Å². The first-order chi connectivity index (χ1) is 14.1. The van der Waals surface area contributed by atoms with Gasteiger partial charge in [0.2, 0.25) is 5.91 Å². The molecule has 2 aromatic carbocycles. The summed E-state index contributed by atoms with van der Waals surface area (Å²) >= 11 is 0. The number of carbonyl (C=O) groups excluding carboxylic acids is 2. The standard InChI is InChI=1S/C23H24N2O4/c1-14(26)25-9-8-16-12-18(4-6-19(16)25)23(27)24-22(15-2-3-15)17-5-7-20-21(13-17)29-11-10-28-20/h4-7,12-13,15,22H,2-3,8-11H2,1H3,(H,24,27). The second-order valence-corrected chi connectivity index (χ2v) is 7.96. The Morgan fingerprint density at radius 3 is 2.62 bits per heavy atom. The zero-order valence-electron chi connectivity index (χ0n) is 16.4. The summed E-state index contributed by atoms with van der Waals surface area (Å²) in [6.07, 6.45) is 3.00. The summed E-state index contributed by atoms with van der Waals surface area (Å²) in [7, 11) is 0. The topological polar surface area (TPSA) is 67.9 Å². The number of hydrogen-bond acceptors (Lipinski definition) is 4. The van der Waals surface area contributed by atoms with Gasteiger partial charge < -0.3 is 19.7 Å². The number of ether oxygens (including phenoxy) is 2. The molecule has 2 aliphatic heterocycles. The lowest BCUT2D eigenvalue weighted by atomic mass is 10.0. The Morgan fingerprint density at radius 2 is 1.86 bits per heavy atom. The molecule has 6 heteroatoms. The number of carbonyl (C=O) groups is 2. The Hall–Kier alpha value is -3.02. The van der Waals surface area contributed by atoms with E-state index < -0.39 is 0 Å². The van der Waals surface area contributed by atoms with E-state index in [0.717, 1.165) is 47.6 Å². The Bertz CT molecular complexity index is 983. The Kier molecular flexibility index (Phi) is 4.42. The third kappa shape index (κ3) is 3.43. The Morgan fingerprint density at radius 1 is 1.07 bits per heavy atom. The molecule has 3 aliphatic rings. The van der Waals surface area contributed by atoms with Crippen molar-refractivity contribution < 1.29 is 19.1 Å². The van der Waals surface area contributed by atoms with Gasteiger partial charge in [-0.05, 0) is 66.6 Å². The van der Waals surface area contributed by atoms with Crippen LogP contribution < -0.4 is 19.7 Å². The zero-order chi connectivity index (χ0) is 20.0. The zero-order valence-corrected chi connectivity index (χ0v) is 16.4. The number of anilines is 1. The molecule has 0 bridgehead atoms. The van der Waals surface area contributed by atoms with Crippen LogP contribution in [0.25, 0.3) is 0 Å². The van der Waals surface area contributed by atoms with E-state index in [1.54, 1.807) is 11.8 Å². The Balaban J connectivity index is 1.37. The van der Waals surface area contributed by atoms with Crippen molar-refractivity contribution >= 4 is 17.5 Å². The third-order valence-corrected chi connectivity index (χ3v) is 5.92. The maximum atomic E-state index is 13.0. The average Bonchev–Trinajstić information content (AvgIpc) is 3.49. The molecule has 1 fully saturated rings. The van der Waals surface area contributed by atoms with E-state index in [0.29, 0.717) is 31.2 Å². The minimum atomic E-state index is -0.0825. The van der Waals surface area contributed by atoms with Gasteiger partial charge in [-0.1, -0.05) is 6.07 Å². The van der Waals surface area contributed by atoms with Crippen molar-refractivity contribution in [3.05, 3.63) is 53.1 Å². The summed E-state index contributed by atoms with van der Waals surface area (Å²) in [5.41, 5.74) is 3.65. The molecule has 2 amide bonds. The van der Waals surface area contributed by atoms with Crippen LogP contribution in [0.15, 0.2) is 36.4 Å². The smallest absolute Gasteiger partial charge is 0.251 e. The fraction of sp³-hybridized carbons (Fsp3) is 0.391. The second-order valence-electron chi connectivity index (χ2n) is 7.96. The molecule has 5 rings (SSSR count). The first-order valence-corrected chi connectivity index (χ1v) is 10.2. The van der Waals surface area contributed by atoms with Crippen molar-refractivity contribution in [3.8, 4) is 11.5 Å². The van der Waals surface area contributed by atoms with Crippen molar-refractivity contribution in [2.45, 2.75) is 32.2 Å². The highest BCUT2D eigenvalue weighted by atomic mass is 16.6. The number of benzene rings is 2. The first-order valence-electron chi connectivity index (χ1n) is 10.2. The van der Waals surface area contributed by atoms with Gasteiger partial charge in [-0.3, -0.25) is 9.59 Å². The quantitative estimate of drug-likeness (QED) is 0.867. The van der Waals surface area contributed by atoms with Gasteiger partial charge >= 0.3 is 0 Å². The molecule has 0 aromatic heterocycles. The predicted octanol–water partition coefficient (Wildman–Crippen LogP) is 3.25. The van der Waals surface area contributed by atoms with Crippen LogP contribution in [-0.4, -0.2) is 31.6 Å². The molecule has 150 valence electrons. The van der Waals surface area contributed by atoms with E-state index in [1.165, 1.54) is 0 Å². The lowest BCUT2D eigenvalue weighted by Gasteiger charge is -2.23. The van der Waals surface area contributed by atoms with Gasteiger partial charge in [-0.25, -0.2) is 0 Å². The van der Waals surface area contributed by atoms with Crippen LogP contribution in [0, 0.1) is 5.92 Å². The van der Waals surface area contributed by atoms with Crippen molar-refractivity contribution in [1.29, 1.82) is 0 Å². The summed E-state index contributed by atoms with van der Waals surface area (Å²) in [6, 6.07) is 11.5. The molecule has 1 aliphatic carbocycles. The van der Waals surface area contributed by atoms with E-state index in [-0.39, 0.29) is 17.9 Å². The summed E-state index contributed by atoms with van der Waals surface area (Å²) < 4.78 is 11.3. The molecular formula is C23H24N2O4. The molecule has 29 heavy (non-hydrogen) atoms. The van der Waals surface area contributed by atoms with Crippen LogP contribution in [0.5, 0.6) is 11.5 Å². The highest BCUT2D eigenvalue weighted by Crippen LogP contribution is 2.43. The van der Waals surface area contributed by atoms with Gasteiger partial charge in [0.15, 0.2) is 11.5 Å². The van der Waals surface area contributed by atoms with Crippen LogP contribution in [0.2, 0.25) is 0 Å². The van der Waals surface area contributed by atoms with E-state index in [4.69, 9.17) is 9.47 Å². The SMILES string of the molecule is CC(=O)N1CCc2cc(C(=O)NC(c3ccc4c(c3)OCCO4)C3CC3)ccc21. The highest BCUT2D eigenvalue weighted by Gasteiger charge is 2.34. The van der Waals surface area contributed by atoms with Crippen molar-refractivity contribution in [2.75, 3.05) is 24.7 Å². The average molecular weight is 392 g/mol. The van der Waals surface area contributed by atoms with Crippen LogP contribution in [0.1, 0.15) is 47.3 Å². The van der Waals surface area contributed by atoms with Crippen LogP contribution in [-0.2, 0) is 11.2 Å². The molecule has 0 radical (unpaired) electrons. The van der Waals surface area contributed by atoms with E-state index in [1.807, 2.05) is 36.4 Å². The molecule has 0 saturated heterocycles. The van der Waals surface area contributed by atoms with E-state index in [2.05, 4.69) is 5.32 Å². The number of nitrogens with one attached hydrogen (secondary N) is 1. The fourth-order valence-electron chi connectivity index (χ4n) is 4.25. The molecule has 1 atom stereocenters. The summed E-state index contributed by atoms with van der Waals surface area (Å²) in [5, 5.41) is 3.23. The molecule has 1 saturated carbocycles. The monoisotopic (exact) mass is 392 g/mol. The van der Waals surface area contributed by atoms with Crippen molar-refractivity contribution in [2.24, 2.45) is 5.92 Å². The van der Waals surface area contributed by atoms with Gasteiger partial charge in [0.05, 0.1) is 6.04 Å². The highest BCUT2D eigenvalue weighted by molar-refractivity contribution is 5.98. The van der Waals surface area contributed by atoms with Gasteiger partial charge in [0, 0.05) is 24.7 Å². The summed E-state index contributed by atoms with van der Waals surface area (Å²) in [5.74, 6) is 1.91. The van der Waals surface area contributed by atoms with Crippen molar-refractivity contribution in [1.82, 2.24) is 5.32 Å². The molecule has 2 aromatic rings. The van der Waals surface area contributed by atoms with Gasteiger partial charge in [-0.15, -0.1) is 0 Å². The summed E-state index contributed by atoms with van der Waals surface area (Å²) in [6.45, 7) is 3.36. The number of rotatable bonds is 4. The Labute approximate surface area is 169 Å². The van der Waals surface area contributed by atoms with Gasteiger partial charge in [0.1, 0.15) is 13.2 Å². The predicted molar refractivity (Wildman–Crippen MR) is 109 cm³/mol. The van der Waals surface area contributed by atoms with Gasteiger partial charge in [-0.2, -0.15) is 0 Å². The molecule has 1 N–H and O–H groups in total. The number of nitrogens with zero attached hydrogens (tertiary/aromatic N) is 1. The minimum Gasteiger partial charge on any atom is -0.486 e. The third-order valence-electron chi connectivity index (χ3n) is 5.92. The normalized spacial score (nSPS) is 18.2. The first kappa shape index (κ1) is 18.0. The van der Waals surface area contributed by atoms with Crippen molar-refractivity contribution in [3.63, 3.8) is 0 Å². The minimum absolute atomic E-state index is 0.0355. The van der Waals surface area contributed by atoms with Crippen LogP contribution >= 0.6 is 0 Å². The van der Waals surface area contributed by atoms with Gasteiger partial charge in [0.25, 0.3) is 5.91 Å². The lowest BCUT2D eigenvalue weighted by Crippen LogP contribution is -2.30. The second kappa shape index (κ2) is 7.10.